The molecule has 1 amide bonds. The summed E-state index contributed by atoms with van der Waals surface area (Å²) in [5.41, 5.74) is 0.997. The molecule has 0 fully saturated rings. The Kier molecular flexibility index (Phi) is 6.99. The first-order valence-electron chi connectivity index (χ1n) is 7.36. The SMILES string of the molecule is COc1ccc(CN(C)C(=O)CSc2ccc(Br)cc2)cc1OC. The fourth-order valence-electron chi connectivity index (χ4n) is 2.13. The molecule has 0 radical (unpaired) electrons. The molecule has 128 valence electrons. The van der Waals surface area contributed by atoms with Gasteiger partial charge in [-0.2, -0.15) is 0 Å². The highest BCUT2D eigenvalue weighted by molar-refractivity contribution is 9.10. The molecule has 2 aromatic rings. The van der Waals surface area contributed by atoms with Crippen LogP contribution in [-0.2, 0) is 11.3 Å². The summed E-state index contributed by atoms with van der Waals surface area (Å²) in [4.78, 5) is 15.1. The highest BCUT2D eigenvalue weighted by atomic mass is 79.9. The van der Waals surface area contributed by atoms with E-state index in [4.69, 9.17) is 9.47 Å². The molecular formula is C18H20BrNO3S. The molecule has 0 heterocycles. The third-order valence-electron chi connectivity index (χ3n) is 3.47. The van der Waals surface area contributed by atoms with Crippen molar-refractivity contribution in [2.45, 2.75) is 11.4 Å². The number of carbonyl (C=O) groups is 1. The highest BCUT2D eigenvalue weighted by Crippen LogP contribution is 2.28. The van der Waals surface area contributed by atoms with Crippen LogP contribution < -0.4 is 9.47 Å². The van der Waals surface area contributed by atoms with Gasteiger partial charge >= 0.3 is 0 Å². The van der Waals surface area contributed by atoms with Crippen molar-refractivity contribution in [1.29, 1.82) is 0 Å². The predicted molar refractivity (Wildman–Crippen MR) is 101 cm³/mol. The van der Waals surface area contributed by atoms with Gasteiger partial charge in [-0.25, -0.2) is 0 Å². The Balaban J connectivity index is 1.92. The molecule has 0 saturated heterocycles. The van der Waals surface area contributed by atoms with Gasteiger partial charge in [0.25, 0.3) is 0 Å². The minimum absolute atomic E-state index is 0.0812. The van der Waals surface area contributed by atoms with Crippen molar-refractivity contribution >= 4 is 33.6 Å². The number of hydrogen-bond acceptors (Lipinski definition) is 4. The number of carbonyl (C=O) groups excluding carboxylic acids is 1. The van der Waals surface area contributed by atoms with E-state index in [0.717, 1.165) is 14.9 Å². The maximum atomic E-state index is 12.3. The number of nitrogens with zero attached hydrogens (tertiary/aromatic N) is 1. The van der Waals surface area contributed by atoms with Crippen molar-refractivity contribution in [2.75, 3.05) is 27.0 Å². The van der Waals surface area contributed by atoms with Crippen LogP contribution in [0.3, 0.4) is 0 Å². The smallest absolute Gasteiger partial charge is 0.232 e. The molecule has 0 aliphatic rings. The lowest BCUT2D eigenvalue weighted by molar-refractivity contribution is -0.127. The van der Waals surface area contributed by atoms with Gasteiger partial charge in [-0.3, -0.25) is 4.79 Å². The third kappa shape index (κ3) is 5.18. The second kappa shape index (κ2) is 8.99. The van der Waals surface area contributed by atoms with Crippen molar-refractivity contribution in [2.24, 2.45) is 0 Å². The summed E-state index contributed by atoms with van der Waals surface area (Å²) in [6.07, 6.45) is 0. The number of halogens is 1. The van der Waals surface area contributed by atoms with E-state index in [9.17, 15) is 4.79 Å². The lowest BCUT2D eigenvalue weighted by atomic mass is 10.2. The minimum Gasteiger partial charge on any atom is -0.493 e. The van der Waals surface area contributed by atoms with Crippen LogP contribution in [0.4, 0.5) is 0 Å². The van der Waals surface area contributed by atoms with Crippen LogP contribution >= 0.6 is 27.7 Å². The van der Waals surface area contributed by atoms with Gasteiger partial charge in [-0.15, -0.1) is 11.8 Å². The first kappa shape index (κ1) is 18.7. The quantitative estimate of drug-likeness (QED) is 0.641. The largest absolute Gasteiger partial charge is 0.493 e. The zero-order chi connectivity index (χ0) is 17.5. The van der Waals surface area contributed by atoms with Gasteiger partial charge in [0.2, 0.25) is 5.91 Å². The summed E-state index contributed by atoms with van der Waals surface area (Å²) in [5, 5.41) is 0. The van der Waals surface area contributed by atoms with E-state index in [0.29, 0.717) is 23.8 Å². The summed E-state index contributed by atoms with van der Waals surface area (Å²) < 4.78 is 11.6. The summed E-state index contributed by atoms with van der Waals surface area (Å²) in [7, 11) is 5.01. The number of ether oxygens (including phenoxy) is 2. The Morgan fingerprint density at radius 2 is 1.75 bits per heavy atom. The molecule has 0 N–H and O–H groups in total. The van der Waals surface area contributed by atoms with E-state index < -0.39 is 0 Å². The first-order chi connectivity index (χ1) is 11.5. The Bertz CT molecular complexity index is 691. The van der Waals surface area contributed by atoms with Gasteiger partial charge in [-0.05, 0) is 42.0 Å². The highest BCUT2D eigenvalue weighted by Gasteiger charge is 2.12. The van der Waals surface area contributed by atoms with E-state index in [-0.39, 0.29) is 5.91 Å². The van der Waals surface area contributed by atoms with Crippen molar-refractivity contribution in [3.8, 4) is 11.5 Å². The molecule has 0 saturated carbocycles. The molecule has 0 bridgehead atoms. The van der Waals surface area contributed by atoms with Crippen LogP contribution in [0, 0.1) is 0 Å². The first-order valence-corrected chi connectivity index (χ1v) is 9.14. The normalized spacial score (nSPS) is 10.3. The number of rotatable bonds is 7. The molecule has 0 spiro atoms. The third-order valence-corrected chi connectivity index (χ3v) is 4.99. The Labute approximate surface area is 155 Å². The predicted octanol–water partition coefficient (Wildman–Crippen LogP) is 4.22. The molecule has 0 aliphatic carbocycles. The Morgan fingerprint density at radius 3 is 2.38 bits per heavy atom. The number of benzene rings is 2. The van der Waals surface area contributed by atoms with Crippen LogP contribution in [0.15, 0.2) is 51.8 Å². The summed E-state index contributed by atoms with van der Waals surface area (Å²) in [6.45, 7) is 0.528. The van der Waals surface area contributed by atoms with Crippen LogP contribution in [0.5, 0.6) is 11.5 Å². The van der Waals surface area contributed by atoms with Gasteiger partial charge in [0.15, 0.2) is 11.5 Å². The lowest BCUT2D eigenvalue weighted by Gasteiger charge is -2.18. The molecule has 2 rings (SSSR count). The number of amides is 1. The number of methoxy groups -OCH3 is 2. The maximum Gasteiger partial charge on any atom is 0.232 e. The van der Waals surface area contributed by atoms with Crippen LogP contribution in [0.1, 0.15) is 5.56 Å². The monoisotopic (exact) mass is 409 g/mol. The van der Waals surface area contributed by atoms with E-state index >= 15 is 0 Å². The van der Waals surface area contributed by atoms with Gasteiger partial charge in [0.05, 0.1) is 20.0 Å². The van der Waals surface area contributed by atoms with E-state index in [2.05, 4.69) is 15.9 Å². The molecule has 0 aromatic heterocycles. The number of thioether (sulfide) groups is 1. The van der Waals surface area contributed by atoms with Crippen molar-refractivity contribution in [1.82, 2.24) is 4.90 Å². The Morgan fingerprint density at radius 1 is 1.08 bits per heavy atom. The van der Waals surface area contributed by atoms with Crippen LogP contribution in [0.25, 0.3) is 0 Å². The summed E-state index contributed by atoms with van der Waals surface area (Å²) in [6, 6.07) is 13.6. The molecule has 24 heavy (non-hydrogen) atoms. The topological polar surface area (TPSA) is 38.8 Å². The summed E-state index contributed by atoms with van der Waals surface area (Å²) >= 11 is 4.94. The Hall–Kier alpha value is -1.66. The van der Waals surface area contributed by atoms with Crippen molar-refractivity contribution in [3.63, 3.8) is 0 Å². The van der Waals surface area contributed by atoms with Crippen molar-refractivity contribution in [3.05, 3.63) is 52.5 Å². The summed E-state index contributed by atoms with van der Waals surface area (Å²) in [5.74, 6) is 1.84. The average molecular weight is 410 g/mol. The molecule has 6 heteroatoms. The van der Waals surface area contributed by atoms with E-state index in [1.165, 1.54) is 11.8 Å². The average Bonchev–Trinajstić information content (AvgIpc) is 2.60. The van der Waals surface area contributed by atoms with E-state index in [1.807, 2.05) is 42.5 Å². The standard InChI is InChI=1S/C18H20BrNO3S/c1-20(11-13-4-9-16(22-2)17(10-13)23-3)18(21)12-24-15-7-5-14(19)6-8-15/h4-10H,11-12H2,1-3H3. The van der Waals surface area contributed by atoms with Crippen LogP contribution in [0.2, 0.25) is 0 Å². The molecule has 0 unspecified atom stereocenters. The molecule has 2 aromatic carbocycles. The lowest BCUT2D eigenvalue weighted by Crippen LogP contribution is -2.27. The fraction of sp³-hybridized carbons (Fsp3) is 0.278. The number of hydrogen-bond donors (Lipinski definition) is 0. The van der Waals surface area contributed by atoms with Crippen molar-refractivity contribution < 1.29 is 14.3 Å². The van der Waals surface area contributed by atoms with Gasteiger partial charge in [0.1, 0.15) is 0 Å². The van der Waals surface area contributed by atoms with E-state index in [1.54, 1.807) is 26.2 Å². The molecule has 0 aliphatic heterocycles. The molecule has 0 atom stereocenters. The maximum absolute atomic E-state index is 12.3. The van der Waals surface area contributed by atoms with Gasteiger partial charge in [-0.1, -0.05) is 22.0 Å². The molecule has 4 nitrogen and oxygen atoms in total. The minimum atomic E-state index is 0.0812. The van der Waals surface area contributed by atoms with Gasteiger partial charge < -0.3 is 14.4 Å². The van der Waals surface area contributed by atoms with Gasteiger partial charge in [0, 0.05) is 23.0 Å². The second-order valence-electron chi connectivity index (χ2n) is 5.18. The second-order valence-corrected chi connectivity index (χ2v) is 7.15. The molecular weight excluding hydrogens is 390 g/mol. The fourth-order valence-corrected chi connectivity index (χ4v) is 3.23. The van der Waals surface area contributed by atoms with Crippen LogP contribution in [-0.4, -0.2) is 37.8 Å². The zero-order valence-corrected chi connectivity index (χ0v) is 16.3. The zero-order valence-electron chi connectivity index (χ0n) is 13.9.